The molecule has 0 radical (unpaired) electrons. The van der Waals surface area contributed by atoms with Crippen LogP contribution < -0.4 is 4.74 Å². The molecule has 1 amide bonds. The Kier molecular flexibility index (Phi) is 3.90. The highest BCUT2D eigenvalue weighted by Crippen LogP contribution is 2.32. The molecule has 4 rings (SSSR count). The molecule has 0 saturated carbocycles. The number of hydrogen-bond acceptors (Lipinski definition) is 5. The molecule has 0 bridgehead atoms. The molecule has 7 nitrogen and oxygen atoms in total. The van der Waals surface area contributed by atoms with E-state index in [4.69, 9.17) is 21.1 Å². The first-order valence-electron chi connectivity index (χ1n) is 7.84. The van der Waals surface area contributed by atoms with E-state index >= 15 is 0 Å². The number of ether oxygens (including phenoxy) is 2. The van der Waals surface area contributed by atoms with Crippen molar-refractivity contribution in [1.29, 1.82) is 0 Å². The molecule has 24 heavy (non-hydrogen) atoms. The monoisotopic (exact) mass is 348 g/mol. The predicted octanol–water partition coefficient (Wildman–Crippen LogP) is 1.67. The van der Waals surface area contributed by atoms with E-state index in [0.29, 0.717) is 37.0 Å². The molecule has 126 valence electrons. The van der Waals surface area contributed by atoms with Gasteiger partial charge in [0.1, 0.15) is 17.7 Å². The summed E-state index contributed by atoms with van der Waals surface area (Å²) in [6.45, 7) is 3.25. The molecule has 1 aromatic carbocycles. The fraction of sp³-hybridized carbons (Fsp3) is 0.438. The number of morpholine rings is 1. The first kappa shape index (κ1) is 15.4. The van der Waals surface area contributed by atoms with E-state index in [9.17, 15) is 4.79 Å². The Balaban J connectivity index is 1.45. The molecule has 1 N–H and O–H groups in total. The van der Waals surface area contributed by atoms with Crippen molar-refractivity contribution >= 4 is 17.5 Å². The van der Waals surface area contributed by atoms with Gasteiger partial charge in [0.25, 0.3) is 5.91 Å². The van der Waals surface area contributed by atoms with Crippen molar-refractivity contribution in [3.05, 3.63) is 40.4 Å². The van der Waals surface area contributed by atoms with Gasteiger partial charge in [-0.3, -0.25) is 9.89 Å². The molecule has 1 fully saturated rings. The van der Waals surface area contributed by atoms with Gasteiger partial charge < -0.3 is 14.4 Å². The van der Waals surface area contributed by atoms with Crippen LogP contribution in [0.1, 0.15) is 23.3 Å². The third-order valence-corrected chi connectivity index (χ3v) is 4.49. The van der Waals surface area contributed by atoms with E-state index in [0.717, 1.165) is 17.1 Å². The minimum atomic E-state index is -0.508. The van der Waals surface area contributed by atoms with Gasteiger partial charge in [-0.25, -0.2) is 4.98 Å². The normalized spacial score (nSPS) is 23.0. The zero-order chi connectivity index (χ0) is 16.7. The summed E-state index contributed by atoms with van der Waals surface area (Å²) in [7, 11) is 0. The van der Waals surface area contributed by atoms with Crippen molar-refractivity contribution < 1.29 is 14.3 Å². The molecule has 8 heteroatoms. The van der Waals surface area contributed by atoms with Crippen LogP contribution >= 0.6 is 11.6 Å². The number of carbonyl (C=O) groups is 1. The van der Waals surface area contributed by atoms with Crippen molar-refractivity contribution in [3.63, 3.8) is 0 Å². The molecule has 1 saturated heterocycles. The first-order valence-corrected chi connectivity index (χ1v) is 8.22. The number of nitrogens with one attached hydrogen (secondary N) is 1. The summed E-state index contributed by atoms with van der Waals surface area (Å²) < 4.78 is 11.5. The van der Waals surface area contributed by atoms with Crippen LogP contribution in [0.4, 0.5) is 0 Å². The summed E-state index contributed by atoms with van der Waals surface area (Å²) in [5.41, 5.74) is 0.968. The van der Waals surface area contributed by atoms with Crippen molar-refractivity contribution in [2.45, 2.75) is 25.6 Å². The maximum Gasteiger partial charge on any atom is 0.264 e. The number of halogens is 1. The molecular formula is C16H17ClN4O3. The lowest BCUT2D eigenvalue weighted by Crippen LogP contribution is -2.48. The standard InChI is InChI=1S/C16H17ClN4O3/c1-9-18-15(20-19-9)14-8-21(4-5-23-14)16(22)13-7-10-6-11(17)2-3-12(10)24-13/h2-3,6,13-14H,4-5,7-8H2,1H3,(H,18,19,20)/t13-,14+/m1/s1. The molecule has 2 aliphatic rings. The van der Waals surface area contributed by atoms with E-state index in [-0.39, 0.29) is 12.0 Å². The molecular weight excluding hydrogens is 332 g/mol. The predicted molar refractivity (Wildman–Crippen MR) is 86.0 cm³/mol. The second-order valence-corrected chi connectivity index (χ2v) is 6.42. The van der Waals surface area contributed by atoms with Crippen LogP contribution in [0.2, 0.25) is 5.02 Å². The maximum absolute atomic E-state index is 12.8. The minimum Gasteiger partial charge on any atom is -0.480 e. The van der Waals surface area contributed by atoms with Crippen molar-refractivity contribution in [1.82, 2.24) is 20.1 Å². The topological polar surface area (TPSA) is 80.3 Å². The number of benzene rings is 1. The molecule has 2 aromatic rings. The van der Waals surface area contributed by atoms with Gasteiger partial charge >= 0.3 is 0 Å². The van der Waals surface area contributed by atoms with Gasteiger partial charge in [-0.15, -0.1) is 0 Å². The van der Waals surface area contributed by atoms with E-state index in [1.165, 1.54) is 0 Å². The second-order valence-electron chi connectivity index (χ2n) is 5.99. The number of fused-ring (bicyclic) bond motifs is 1. The highest BCUT2D eigenvalue weighted by atomic mass is 35.5. The Bertz CT molecular complexity index is 778. The van der Waals surface area contributed by atoms with E-state index in [2.05, 4.69) is 15.2 Å². The number of H-pyrrole nitrogens is 1. The third-order valence-electron chi connectivity index (χ3n) is 4.25. The van der Waals surface area contributed by atoms with Gasteiger partial charge in [0.15, 0.2) is 11.9 Å². The van der Waals surface area contributed by atoms with Gasteiger partial charge in [0.05, 0.1) is 13.2 Å². The van der Waals surface area contributed by atoms with E-state index in [1.54, 1.807) is 11.0 Å². The summed E-state index contributed by atoms with van der Waals surface area (Å²) >= 11 is 6.00. The van der Waals surface area contributed by atoms with Crippen molar-refractivity contribution in [2.24, 2.45) is 0 Å². The number of amides is 1. The Morgan fingerprint density at radius 2 is 2.33 bits per heavy atom. The zero-order valence-corrected chi connectivity index (χ0v) is 13.9. The van der Waals surface area contributed by atoms with Gasteiger partial charge in [-0.1, -0.05) is 11.6 Å². The molecule has 0 unspecified atom stereocenters. The summed E-state index contributed by atoms with van der Waals surface area (Å²) in [5.74, 6) is 1.99. The largest absolute Gasteiger partial charge is 0.480 e. The zero-order valence-electron chi connectivity index (χ0n) is 13.2. The fourth-order valence-electron chi connectivity index (χ4n) is 3.07. The number of nitrogens with zero attached hydrogens (tertiary/aromatic N) is 3. The molecule has 0 aliphatic carbocycles. The first-order chi connectivity index (χ1) is 11.6. The molecule has 0 spiro atoms. The Morgan fingerprint density at radius 1 is 1.46 bits per heavy atom. The van der Waals surface area contributed by atoms with Gasteiger partial charge in [-0.05, 0) is 30.7 Å². The Hall–Kier alpha value is -2.12. The van der Waals surface area contributed by atoms with E-state index < -0.39 is 6.10 Å². The van der Waals surface area contributed by atoms with Gasteiger partial charge in [0, 0.05) is 18.0 Å². The van der Waals surface area contributed by atoms with Crippen LogP contribution in [0.15, 0.2) is 18.2 Å². The lowest BCUT2D eigenvalue weighted by molar-refractivity contribution is -0.146. The average Bonchev–Trinajstić information content (AvgIpc) is 3.20. The van der Waals surface area contributed by atoms with Crippen LogP contribution in [0.3, 0.4) is 0 Å². The summed E-state index contributed by atoms with van der Waals surface area (Å²) in [4.78, 5) is 18.9. The van der Waals surface area contributed by atoms with Gasteiger partial charge in [0.2, 0.25) is 0 Å². The summed E-state index contributed by atoms with van der Waals surface area (Å²) in [5, 5.41) is 7.58. The lowest BCUT2D eigenvalue weighted by Gasteiger charge is -2.32. The number of hydrogen-bond donors (Lipinski definition) is 1. The molecule has 2 atom stereocenters. The number of aromatic nitrogens is 3. The van der Waals surface area contributed by atoms with Crippen molar-refractivity contribution in [2.75, 3.05) is 19.7 Å². The molecule has 2 aliphatic heterocycles. The number of aryl methyl sites for hydroxylation is 1. The summed E-state index contributed by atoms with van der Waals surface area (Å²) in [6, 6.07) is 5.43. The van der Waals surface area contributed by atoms with Crippen molar-refractivity contribution in [3.8, 4) is 5.75 Å². The third kappa shape index (κ3) is 2.85. The maximum atomic E-state index is 12.8. The van der Waals surface area contributed by atoms with Gasteiger partial charge in [-0.2, -0.15) is 5.10 Å². The minimum absolute atomic E-state index is 0.0390. The Labute approximate surface area is 143 Å². The van der Waals surface area contributed by atoms with Crippen LogP contribution in [0.5, 0.6) is 5.75 Å². The highest BCUT2D eigenvalue weighted by molar-refractivity contribution is 6.30. The fourth-order valence-corrected chi connectivity index (χ4v) is 3.26. The Morgan fingerprint density at radius 3 is 3.12 bits per heavy atom. The van der Waals surface area contributed by atoms with Crippen LogP contribution in [-0.2, 0) is 16.0 Å². The average molecular weight is 349 g/mol. The summed E-state index contributed by atoms with van der Waals surface area (Å²) in [6.07, 6.45) is -0.284. The number of carbonyl (C=O) groups excluding carboxylic acids is 1. The molecule has 1 aromatic heterocycles. The lowest BCUT2D eigenvalue weighted by atomic mass is 10.1. The van der Waals surface area contributed by atoms with E-state index in [1.807, 2.05) is 19.1 Å². The van der Waals surface area contributed by atoms with Crippen LogP contribution in [0.25, 0.3) is 0 Å². The molecule has 3 heterocycles. The number of aromatic amines is 1. The smallest absolute Gasteiger partial charge is 0.264 e. The number of rotatable bonds is 2. The SMILES string of the molecule is Cc1nc([C@@H]2CN(C(=O)[C@H]3Cc4cc(Cl)ccc4O3)CCO2)n[nH]1. The van der Waals surface area contributed by atoms with Crippen LogP contribution in [0, 0.1) is 6.92 Å². The quantitative estimate of drug-likeness (QED) is 0.893. The van der Waals surface area contributed by atoms with Crippen LogP contribution in [-0.4, -0.2) is 51.8 Å². The highest BCUT2D eigenvalue weighted by Gasteiger charge is 2.36. The second kappa shape index (κ2) is 6.07.